The van der Waals surface area contributed by atoms with E-state index >= 15 is 0 Å². The second-order valence-corrected chi connectivity index (χ2v) is 8.46. The van der Waals surface area contributed by atoms with E-state index < -0.39 is 5.82 Å². The number of nitrogen functional groups attached to an aromatic ring is 1. The van der Waals surface area contributed by atoms with Crippen LogP contribution in [0, 0.1) is 11.6 Å². The van der Waals surface area contributed by atoms with E-state index in [4.69, 9.17) is 10.5 Å². The Morgan fingerprint density at radius 3 is 2.97 bits per heavy atom. The first-order valence-electron chi connectivity index (χ1n) is 9.66. The molecule has 1 aliphatic heterocycles. The molecule has 3 N–H and O–H groups in total. The topological polar surface area (TPSA) is 78.0 Å². The largest absolute Gasteiger partial charge is 0.490 e. The second-order valence-electron chi connectivity index (χ2n) is 7.60. The lowest BCUT2D eigenvalue weighted by Crippen LogP contribution is -2.26. The Labute approximate surface area is 174 Å². The molecule has 0 amide bonds. The van der Waals surface area contributed by atoms with Crippen LogP contribution in [0.4, 0.5) is 14.6 Å². The van der Waals surface area contributed by atoms with Crippen molar-refractivity contribution in [3.8, 4) is 5.75 Å². The first-order valence-corrected chi connectivity index (χ1v) is 10.5. The molecule has 3 heterocycles. The van der Waals surface area contributed by atoms with Gasteiger partial charge in [0.2, 0.25) is 0 Å². The highest BCUT2D eigenvalue weighted by molar-refractivity contribution is 9.10. The van der Waals surface area contributed by atoms with Gasteiger partial charge in [-0.3, -0.25) is 0 Å². The monoisotopic (exact) mass is 463 g/mol. The highest BCUT2D eigenvalue weighted by Gasteiger charge is 2.31. The van der Waals surface area contributed by atoms with Crippen LogP contribution in [-0.2, 0) is 13.0 Å². The zero-order valence-corrected chi connectivity index (χ0v) is 17.2. The molecule has 0 radical (unpaired) electrons. The zero-order valence-electron chi connectivity index (χ0n) is 15.6. The van der Waals surface area contributed by atoms with Crippen LogP contribution in [0.15, 0.2) is 23.1 Å². The molecule has 2 atom stereocenters. The molecule has 152 valence electrons. The average molecular weight is 464 g/mol. The summed E-state index contributed by atoms with van der Waals surface area (Å²) in [6, 6.07) is 1.77. The minimum Gasteiger partial charge on any atom is -0.490 e. The molecule has 3 aromatic rings. The number of hydrogen-bond acceptors (Lipinski definition) is 5. The van der Waals surface area contributed by atoms with Crippen molar-refractivity contribution in [2.24, 2.45) is 0 Å². The molecular formula is C20H20BrF2N5O. The minimum atomic E-state index is -0.412. The summed E-state index contributed by atoms with van der Waals surface area (Å²) in [5, 5.41) is 3.55. The third-order valence-corrected chi connectivity index (χ3v) is 6.46. The molecule has 1 fully saturated rings. The highest BCUT2D eigenvalue weighted by atomic mass is 79.9. The maximum absolute atomic E-state index is 14.5. The Morgan fingerprint density at radius 1 is 1.24 bits per heavy atom. The summed E-state index contributed by atoms with van der Waals surface area (Å²) in [4.78, 5) is 8.11. The summed E-state index contributed by atoms with van der Waals surface area (Å²) in [6.07, 6.45) is 5.77. The van der Waals surface area contributed by atoms with Gasteiger partial charge in [0.25, 0.3) is 0 Å². The van der Waals surface area contributed by atoms with Crippen molar-refractivity contribution in [3.63, 3.8) is 0 Å². The number of nitrogens with one attached hydrogen (secondary N) is 1. The Morgan fingerprint density at radius 2 is 2.10 bits per heavy atom. The molecule has 6 nitrogen and oxygen atoms in total. The molecular weight excluding hydrogens is 444 g/mol. The normalized spacial score (nSPS) is 21.5. The van der Waals surface area contributed by atoms with Gasteiger partial charge in [-0.25, -0.2) is 18.7 Å². The third-order valence-electron chi connectivity index (χ3n) is 5.88. The van der Waals surface area contributed by atoms with Gasteiger partial charge >= 0.3 is 0 Å². The summed E-state index contributed by atoms with van der Waals surface area (Å²) in [5.41, 5.74) is 7.93. The quantitative estimate of drug-likeness (QED) is 0.616. The van der Waals surface area contributed by atoms with Gasteiger partial charge in [0.15, 0.2) is 5.82 Å². The van der Waals surface area contributed by atoms with Crippen LogP contribution in [-0.4, -0.2) is 27.2 Å². The molecule has 0 bridgehead atoms. The molecule has 0 spiro atoms. The van der Waals surface area contributed by atoms with Gasteiger partial charge < -0.3 is 20.4 Å². The number of halogens is 3. The molecule has 0 saturated heterocycles. The van der Waals surface area contributed by atoms with Gasteiger partial charge in [0.1, 0.15) is 35.5 Å². The number of aromatic nitrogens is 3. The average Bonchev–Trinajstić information content (AvgIpc) is 3.31. The Kier molecular flexibility index (Phi) is 4.66. The summed E-state index contributed by atoms with van der Waals surface area (Å²) < 4.78 is 37.4. The lowest BCUT2D eigenvalue weighted by Gasteiger charge is -2.24. The zero-order chi connectivity index (χ0) is 20.1. The number of fused-ring (bicyclic) bond motifs is 2. The van der Waals surface area contributed by atoms with Gasteiger partial charge in [0.05, 0.1) is 9.86 Å². The molecule has 1 aliphatic carbocycles. The number of nitrogens with zero attached hydrogens (tertiary/aromatic N) is 3. The van der Waals surface area contributed by atoms with Gasteiger partial charge in [-0.15, -0.1) is 0 Å². The maximum Gasteiger partial charge on any atom is 0.154 e. The fraction of sp³-hybridized carbons (Fsp3) is 0.400. The van der Waals surface area contributed by atoms with Crippen molar-refractivity contribution in [1.82, 2.24) is 19.9 Å². The molecule has 29 heavy (non-hydrogen) atoms. The number of rotatable bonds is 3. The number of ether oxygens (including phenoxy) is 1. The standard InChI is InChI=1S/C20H20BrF2N5O/c21-14-6-16(13-7-25-4-3-12(13)18(14)23)29-11-2-1-10(5-11)28-8-15(22)17-19(24)26-9-27-20(17)28/h6,8-11,25H,1-5,7H2,(H2,24,26,27). The predicted octanol–water partition coefficient (Wildman–Crippen LogP) is 3.87. The lowest BCUT2D eigenvalue weighted by molar-refractivity contribution is 0.201. The first kappa shape index (κ1) is 18.7. The van der Waals surface area contributed by atoms with Crippen LogP contribution in [0.2, 0.25) is 0 Å². The fourth-order valence-corrected chi connectivity index (χ4v) is 4.92. The van der Waals surface area contributed by atoms with Crippen molar-refractivity contribution < 1.29 is 13.5 Å². The van der Waals surface area contributed by atoms with E-state index in [1.165, 1.54) is 12.5 Å². The van der Waals surface area contributed by atoms with Crippen molar-refractivity contribution in [3.05, 3.63) is 45.8 Å². The van der Waals surface area contributed by atoms with Crippen LogP contribution in [0.5, 0.6) is 5.75 Å². The highest BCUT2D eigenvalue weighted by Crippen LogP contribution is 2.39. The molecule has 9 heteroatoms. The molecule has 2 aliphatic rings. The first-order chi connectivity index (χ1) is 14.0. The third kappa shape index (κ3) is 3.16. The van der Waals surface area contributed by atoms with Crippen molar-refractivity contribution in [1.29, 1.82) is 0 Å². The summed E-state index contributed by atoms with van der Waals surface area (Å²) in [6.45, 7) is 1.34. The summed E-state index contributed by atoms with van der Waals surface area (Å²) >= 11 is 3.31. The Bertz CT molecular complexity index is 1100. The predicted molar refractivity (Wildman–Crippen MR) is 109 cm³/mol. The summed E-state index contributed by atoms with van der Waals surface area (Å²) in [7, 11) is 0. The van der Waals surface area contributed by atoms with E-state index in [9.17, 15) is 8.78 Å². The minimum absolute atomic E-state index is 0.0388. The molecule has 5 rings (SSSR count). The number of anilines is 1. The molecule has 1 saturated carbocycles. The number of hydrogen-bond donors (Lipinski definition) is 2. The second kappa shape index (κ2) is 7.21. The molecule has 1 aromatic carbocycles. The molecule has 2 unspecified atom stereocenters. The van der Waals surface area contributed by atoms with Gasteiger partial charge in [-0.05, 0) is 53.4 Å². The number of nitrogens with two attached hydrogens (primary N) is 1. The van der Waals surface area contributed by atoms with E-state index in [0.29, 0.717) is 40.8 Å². The van der Waals surface area contributed by atoms with Crippen LogP contribution in [0.25, 0.3) is 11.0 Å². The summed E-state index contributed by atoms with van der Waals surface area (Å²) in [5.74, 6) is 0.239. The smallest absolute Gasteiger partial charge is 0.154 e. The van der Waals surface area contributed by atoms with Crippen molar-refractivity contribution >= 4 is 32.8 Å². The Hall–Kier alpha value is -2.26. The lowest BCUT2D eigenvalue weighted by atomic mass is 9.99. The van der Waals surface area contributed by atoms with Gasteiger partial charge in [-0.1, -0.05) is 0 Å². The SMILES string of the molecule is Nc1ncnc2c1c(F)cn2C1CCC(Oc2cc(Br)c(F)c3c2CNCC3)C1. The van der Waals surface area contributed by atoms with Crippen LogP contribution in [0.3, 0.4) is 0 Å². The van der Waals surface area contributed by atoms with Crippen LogP contribution < -0.4 is 15.8 Å². The van der Waals surface area contributed by atoms with Crippen molar-refractivity contribution in [2.75, 3.05) is 12.3 Å². The van der Waals surface area contributed by atoms with Gasteiger partial charge in [-0.2, -0.15) is 0 Å². The number of benzene rings is 1. The van der Waals surface area contributed by atoms with E-state index in [0.717, 1.165) is 24.9 Å². The van der Waals surface area contributed by atoms with E-state index in [1.54, 1.807) is 6.07 Å². The van der Waals surface area contributed by atoms with Crippen LogP contribution >= 0.6 is 15.9 Å². The van der Waals surface area contributed by atoms with E-state index in [-0.39, 0.29) is 29.2 Å². The van der Waals surface area contributed by atoms with Gasteiger partial charge in [0, 0.05) is 30.8 Å². The fourth-order valence-electron chi connectivity index (χ4n) is 4.47. The molecule has 2 aromatic heterocycles. The Balaban J connectivity index is 1.40. The maximum atomic E-state index is 14.5. The van der Waals surface area contributed by atoms with E-state index in [1.807, 2.05) is 4.57 Å². The van der Waals surface area contributed by atoms with Crippen molar-refractivity contribution in [2.45, 2.75) is 44.4 Å². The van der Waals surface area contributed by atoms with Crippen LogP contribution in [0.1, 0.15) is 36.4 Å². The van der Waals surface area contributed by atoms with E-state index in [2.05, 4.69) is 31.2 Å².